The zero-order valence-electron chi connectivity index (χ0n) is 8.30. The monoisotopic (exact) mass is 203 g/mol. The third-order valence-corrected chi connectivity index (χ3v) is 2.16. The Hall–Kier alpha value is -1.72. The maximum absolute atomic E-state index is 5.56. The molecule has 5 heteroatoms. The van der Waals surface area contributed by atoms with Crippen LogP contribution in [-0.2, 0) is 13.1 Å². The van der Waals surface area contributed by atoms with Crippen LogP contribution >= 0.6 is 0 Å². The minimum atomic E-state index is 0.399. The van der Waals surface area contributed by atoms with Crippen molar-refractivity contribution in [2.24, 2.45) is 11.5 Å². The third kappa shape index (κ3) is 2.03. The van der Waals surface area contributed by atoms with E-state index in [1.807, 2.05) is 30.5 Å². The van der Waals surface area contributed by atoms with E-state index >= 15 is 0 Å². The number of nitrogens with two attached hydrogens (primary N) is 2. The Bertz CT molecular complexity index is 449. The van der Waals surface area contributed by atoms with Crippen LogP contribution < -0.4 is 11.5 Å². The summed E-state index contributed by atoms with van der Waals surface area (Å²) < 4.78 is 1.70. The minimum Gasteiger partial charge on any atom is -0.326 e. The zero-order valence-corrected chi connectivity index (χ0v) is 8.30. The zero-order chi connectivity index (χ0) is 10.7. The van der Waals surface area contributed by atoms with E-state index in [0.717, 1.165) is 16.9 Å². The van der Waals surface area contributed by atoms with Crippen molar-refractivity contribution in [3.63, 3.8) is 0 Å². The van der Waals surface area contributed by atoms with E-state index < -0.39 is 0 Å². The first kappa shape index (κ1) is 9.82. The average Bonchev–Trinajstić information content (AvgIpc) is 2.78. The smallest absolute Gasteiger partial charge is 0.0967 e. The molecule has 0 bridgehead atoms. The molecule has 1 aromatic carbocycles. The highest BCUT2D eigenvalue weighted by Crippen LogP contribution is 2.09. The van der Waals surface area contributed by atoms with Gasteiger partial charge in [-0.1, -0.05) is 17.3 Å². The summed E-state index contributed by atoms with van der Waals surface area (Å²) in [5.74, 6) is 0. The molecule has 4 N–H and O–H groups in total. The van der Waals surface area contributed by atoms with Crippen molar-refractivity contribution < 1.29 is 0 Å². The lowest BCUT2D eigenvalue weighted by molar-refractivity contribution is 0.795. The molecule has 0 radical (unpaired) electrons. The molecule has 0 atom stereocenters. The molecule has 0 aliphatic heterocycles. The van der Waals surface area contributed by atoms with Gasteiger partial charge in [-0.25, -0.2) is 4.68 Å². The maximum Gasteiger partial charge on any atom is 0.0967 e. The fourth-order valence-electron chi connectivity index (χ4n) is 1.34. The van der Waals surface area contributed by atoms with E-state index in [0.29, 0.717) is 13.1 Å². The van der Waals surface area contributed by atoms with Crippen LogP contribution in [0.15, 0.2) is 30.5 Å². The highest BCUT2D eigenvalue weighted by atomic mass is 15.4. The second-order valence-corrected chi connectivity index (χ2v) is 3.23. The summed E-state index contributed by atoms with van der Waals surface area (Å²) in [7, 11) is 0. The molecule has 0 spiro atoms. The summed E-state index contributed by atoms with van der Waals surface area (Å²) in [5, 5.41) is 7.90. The molecule has 1 heterocycles. The Morgan fingerprint density at radius 2 is 2.07 bits per heavy atom. The highest BCUT2D eigenvalue weighted by Gasteiger charge is 2.01. The molecule has 15 heavy (non-hydrogen) atoms. The molecule has 0 saturated carbocycles. The molecule has 2 rings (SSSR count). The van der Waals surface area contributed by atoms with E-state index in [2.05, 4.69) is 10.3 Å². The number of benzene rings is 1. The molecule has 0 amide bonds. The lowest BCUT2D eigenvalue weighted by atomic mass is 10.2. The van der Waals surface area contributed by atoms with Gasteiger partial charge in [0.25, 0.3) is 0 Å². The predicted octanol–water partition coefficient (Wildman–Crippen LogP) is 0.185. The molecular formula is C10H13N5. The average molecular weight is 203 g/mol. The van der Waals surface area contributed by atoms with Gasteiger partial charge in [0, 0.05) is 13.1 Å². The van der Waals surface area contributed by atoms with Gasteiger partial charge < -0.3 is 11.5 Å². The number of aromatic nitrogens is 3. The first-order valence-electron chi connectivity index (χ1n) is 4.74. The van der Waals surface area contributed by atoms with Gasteiger partial charge in [-0.2, -0.15) is 0 Å². The van der Waals surface area contributed by atoms with Gasteiger partial charge in [0.05, 0.1) is 17.6 Å². The number of nitrogens with zero attached hydrogens (tertiary/aromatic N) is 3. The van der Waals surface area contributed by atoms with Crippen molar-refractivity contribution in [2.75, 3.05) is 0 Å². The van der Waals surface area contributed by atoms with Crippen molar-refractivity contribution in [1.29, 1.82) is 0 Å². The summed E-state index contributed by atoms with van der Waals surface area (Å²) in [6.45, 7) is 0.920. The summed E-state index contributed by atoms with van der Waals surface area (Å²) in [6.07, 6.45) is 1.82. The quantitative estimate of drug-likeness (QED) is 0.745. The molecule has 1 aromatic heterocycles. The Kier molecular flexibility index (Phi) is 2.75. The van der Waals surface area contributed by atoms with Gasteiger partial charge in [-0.15, -0.1) is 5.10 Å². The topological polar surface area (TPSA) is 82.8 Å². The van der Waals surface area contributed by atoms with Crippen LogP contribution in [0.4, 0.5) is 0 Å². The van der Waals surface area contributed by atoms with Crippen LogP contribution in [0.25, 0.3) is 5.69 Å². The lowest BCUT2D eigenvalue weighted by Gasteiger charge is -2.01. The third-order valence-electron chi connectivity index (χ3n) is 2.16. The van der Waals surface area contributed by atoms with E-state index in [-0.39, 0.29) is 0 Å². The molecule has 0 aliphatic rings. The van der Waals surface area contributed by atoms with Gasteiger partial charge in [0.2, 0.25) is 0 Å². The van der Waals surface area contributed by atoms with Crippen molar-refractivity contribution in [3.8, 4) is 5.69 Å². The summed E-state index contributed by atoms with van der Waals surface area (Å²) in [4.78, 5) is 0. The van der Waals surface area contributed by atoms with Gasteiger partial charge >= 0.3 is 0 Å². The SMILES string of the molecule is NCc1cccc(-n2cc(CN)nn2)c1. The molecule has 0 unspecified atom stereocenters. The second kappa shape index (κ2) is 4.20. The van der Waals surface area contributed by atoms with Crippen molar-refractivity contribution in [1.82, 2.24) is 15.0 Å². The van der Waals surface area contributed by atoms with Gasteiger partial charge in [0.15, 0.2) is 0 Å². The molecule has 0 aliphatic carbocycles. The molecule has 2 aromatic rings. The van der Waals surface area contributed by atoms with E-state index in [9.17, 15) is 0 Å². The Balaban J connectivity index is 2.35. The summed E-state index contributed by atoms with van der Waals surface area (Å²) >= 11 is 0. The fraction of sp³-hybridized carbons (Fsp3) is 0.200. The number of hydrogen-bond acceptors (Lipinski definition) is 4. The van der Waals surface area contributed by atoms with Gasteiger partial charge in [0.1, 0.15) is 0 Å². The van der Waals surface area contributed by atoms with E-state index in [1.54, 1.807) is 4.68 Å². The molecule has 0 saturated heterocycles. The van der Waals surface area contributed by atoms with E-state index in [4.69, 9.17) is 11.5 Å². The second-order valence-electron chi connectivity index (χ2n) is 3.23. The van der Waals surface area contributed by atoms with E-state index in [1.165, 1.54) is 0 Å². The Labute approximate surface area is 87.7 Å². The van der Waals surface area contributed by atoms with Crippen molar-refractivity contribution in [2.45, 2.75) is 13.1 Å². The Morgan fingerprint density at radius 3 is 2.73 bits per heavy atom. The Morgan fingerprint density at radius 1 is 1.20 bits per heavy atom. The van der Waals surface area contributed by atoms with Crippen LogP contribution in [-0.4, -0.2) is 15.0 Å². The van der Waals surface area contributed by atoms with Gasteiger partial charge in [-0.05, 0) is 17.7 Å². The molecule has 0 fully saturated rings. The normalized spacial score (nSPS) is 10.5. The summed E-state index contributed by atoms with van der Waals surface area (Å²) in [5.41, 5.74) is 13.8. The first-order valence-corrected chi connectivity index (χ1v) is 4.74. The first-order chi connectivity index (χ1) is 7.33. The van der Waals surface area contributed by atoms with Crippen molar-refractivity contribution in [3.05, 3.63) is 41.7 Å². The molecule has 5 nitrogen and oxygen atoms in total. The standard InChI is InChI=1S/C10H13N5/c11-5-8-2-1-3-10(4-8)15-7-9(6-12)13-14-15/h1-4,7H,5-6,11-12H2. The number of hydrogen-bond donors (Lipinski definition) is 2. The van der Waals surface area contributed by atoms with Crippen LogP contribution in [0.3, 0.4) is 0 Å². The molecular weight excluding hydrogens is 190 g/mol. The summed E-state index contributed by atoms with van der Waals surface area (Å²) in [6, 6.07) is 7.86. The van der Waals surface area contributed by atoms with Crippen LogP contribution in [0.2, 0.25) is 0 Å². The predicted molar refractivity (Wildman–Crippen MR) is 57.1 cm³/mol. The lowest BCUT2D eigenvalue weighted by Crippen LogP contribution is -2.00. The van der Waals surface area contributed by atoms with Crippen molar-refractivity contribution >= 4 is 0 Å². The molecule has 78 valence electrons. The van der Waals surface area contributed by atoms with Gasteiger partial charge in [-0.3, -0.25) is 0 Å². The number of rotatable bonds is 3. The largest absolute Gasteiger partial charge is 0.326 e. The fourth-order valence-corrected chi connectivity index (χ4v) is 1.34. The minimum absolute atomic E-state index is 0.399. The van der Waals surface area contributed by atoms with Crippen LogP contribution in [0.1, 0.15) is 11.3 Å². The highest BCUT2D eigenvalue weighted by molar-refractivity contribution is 5.34. The maximum atomic E-state index is 5.56. The van der Waals surface area contributed by atoms with Crippen LogP contribution in [0.5, 0.6) is 0 Å². The van der Waals surface area contributed by atoms with Crippen LogP contribution in [0, 0.1) is 0 Å².